The molecule has 0 aliphatic heterocycles. The van der Waals surface area contributed by atoms with Crippen molar-refractivity contribution in [1.29, 1.82) is 0 Å². The summed E-state index contributed by atoms with van der Waals surface area (Å²) in [5.74, 6) is 0.608. The second-order valence-electron chi connectivity index (χ2n) is 5.88. The number of nitrogens with one attached hydrogen (secondary N) is 1. The van der Waals surface area contributed by atoms with Crippen LogP contribution in [0, 0.1) is 12.7 Å². The van der Waals surface area contributed by atoms with E-state index in [1.807, 2.05) is 42.0 Å². The molecule has 128 valence electrons. The number of carbonyl (C=O) groups excluding carboxylic acids is 1. The lowest BCUT2D eigenvalue weighted by Crippen LogP contribution is -2.23. The van der Waals surface area contributed by atoms with E-state index in [1.54, 1.807) is 18.3 Å². The van der Waals surface area contributed by atoms with Gasteiger partial charge in [-0.1, -0.05) is 30.3 Å². The summed E-state index contributed by atoms with van der Waals surface area (Å²) in [6.07, 6.45) is 4.63. The van der Waals surface area contributed by atoms with E-state index in [4.69, 9.17) is 0 Å². The first-order valence-electron chi connectivity index (χ1n) is 8.23. The number of para-hydroxylation sites is 1. The Morgan fingerprint density at radius 3 is 2.64 bits per heavy atom. The molecule has 3 rings (SSSR count). The van der Waals surface area contributed by atoms with Gasteiger partial charge in [-0.05, 0) is 42.7 Å². The molecular formula is C20H20FN3O. The van der Waals surface area contributed by atoms with E-state index >= 15 is 0 Å². The van der Waals surface area contributed by atoms with Gasteiger partial charge in [0.25, 0.3) is 0 Å². The zero-order valence-electron chi connectivity index (χ0n) is 14.1. The highest BCUT2D eigenvalue weighted by molar-refractivity contribution is 5.76. The maximum atomic E-state index is 12.9. The minimum absolute atomic E-state index is 0.0264. The van der Waals surface area contributed by atoms with Crippen molar-refractivity contribution >= 4 is 5.91 Å². The molecule has 0 radical (unpaired) electrons. The second-order valence-corrected chi connectivity index (χ2v) is 5.88. The maximum Gasteiger partial charge on any atom is 0.220 e. The van der Waals surface area contributed by atoms with Crippen molar-refractivity contribution in [2.45, 2.75) is 26.3 Å². The third-order valence-corrected chi connectivity index (χ3v) is 4.11. The Morgan fingerprint density at radius 2 is 1.92 bits per heavy atom. The van der Waals surface area contributed by atoms with Gasteiger partial charge in [0.2, 0.25) is 5.91 Å². The average Bonchev–Trinajstić information content (AvgIpc) is 3.05. The molecule has 25 heavy (non-hydrogen) atoms. The van der Waals surface area contributed by atoms with Gasteiger partial charge in [0.1, 0.15) is 11.6 Å². The van der Waals surface area contributed by atoms with E-state index in [2.05, 4.69) is 10.3 Å². The summed E-state index contributed by atoms with van der Waals surface area (Å²) in [6, 6.07) is 14.2. The molecule has 0 saturated heterocycles. The number of rotatable bonds is 6. The number of nitrogens with zero attached hydrogens (tertiary/aromatic N) is 2. The lowest BCUT2D eigenvalue weighted by Gasteiger charge is -2.12. The zero-order chi connectivity index (χ0) is 17.6. The highest BCUT2D eigenvalue weighted by Gasteiger charge is 2.08. The lowest BCUT2D eigenvalue weighted by molar-refractivity contribution is -0.121. The summed E-state index contributed by atoms with van der Waals surface area (Å²) in [4.78, 5) is 16.4. The Bertz CT molecular complexity index is 855. The molecule has 0 aliphatic rings. The van der Waals surface area contributed by atoms with Crippen molar-refractivity contribution in [3.63, 3.8) is 0 Å². The van der Waals surface area contributed by atoms with E-state index in [0.717, 1.165) is 22.6 Å². The van der Waals surface area contributed by atoms with Crippen LogP contribution in [0.3, 0.4) is 0 Å². The number of amides is 1. The van der Waals surface area contributed by atoms with Crippen molar-refractivity contribution in [2.75, 3.05) is 0 Å². The molecular weight excluding hydrogens is 317 g/mol. The van der Waals surface area contributed by atoms with Crippen molar-refractivity contribution in [3.05, 3.63) is 83.7 Å². The highest BCUT2D eigenvalue weighted by atomic mass is 19.1. The standard InChI is InChI=1S/C20H20FN3O/c1-15-22-12-13-24(15)19-5-3-2-4-17(19)14-23-20(25)11-8-16-6-9-18(21)10-7-16/h2-7,9-10,12-13H,8,11,14H2,1H3,(H,23,25). The quantitative estimate of drug-likeness (QED) is 0.747. The number of benzene rings is 2. The molecule has 0 bridgehead atoms. The molecule has 0 spiro atoms. The second kappa shape index (κ2) is 7.75. The summed E-state index contributed by atoms with van der Waals surface area (Å²) in [5, 5.41) is 2.96. The van der Waals surface area contributed by atoms with E-state index in [1.165, 1.54) is 12.1 Å². The zero-order valence-corrected chi connectivity index (χ0v) is 14.1. The van der Waals surface area contributed by atoms with Gasteiger partial charge < -0.3 is 9.88 Å². The Hall–Kier alpha value is -2.95. The fourth-order valence-corrected chi connectivity index (χ4v) is 2.72. The largest absolute Gasteiger partial charge is 0.352 e. The van der Waals surface area contributed by atoms with Crippen molar-refractivity contribution in [3.8, 4) is 5.69 Å². The number of carbonyl (C=O) groups is 1. The monoisotopic (exact) mass is 337 g/mol. The van der Waals surface area contributed by atoms with E-state index in [0.29, 0.717) is 19.4 Å². The fraction of sp³-hybridized carbons (Fsp3) is 0.200. The van der Waals surface area contributed by atoms with Gasteiger partial charge in [-0.25, -0.2) is 9.37 Å². The van der Waals surface area contributed by atoms with Gasteiger partial charge in [-0.15, -0.1) is 0 Å². The van der Waals surface area contributed by atoms with Crippen LogP contribution in [0.1, 0.15) is 23.4 Å². The van der Waals surface area contributed by atoms with Crippen LogP contribution >= 0.6 is 0 Å². The minimum atomic E-state index is -0.264. The predicted molar refractivity (Wildman–Crippen MR) is 94.9 cm³/mol. The summed E-state index contributed by atoms with van der Waals surface area (Å²) in [7, 11) is 0. The van der Waals surface area contributed by atoms with Gasteiger partial charge in [-0.3, -0.25) is 4.79 Å². The number of aryl methyl sites for hydroxylation is 2. The Morgan fingerprint density at radius 1 is 1.16 bits per heavy atom. The summed E-state index contributed by atoms with van der Waals surface area (Å²) in [6.45, 7) is 2.40. The first kappa shape index (κ1) is 16.9. The van der Waals surface area contributed by atoms with Crippen LogP contribution in [0.15, 0.2) is 60.9 Å². The first-order valence-corrected chi connectivity index (χ1v) is 8.23. The van der Waals surface area contributed by atoms with E-state index in [-0.39, 0.29) is 11.7 Å². The number of hydrogen-bond donors (Lipinski definition) is 1. The summed E-state index contributed by atoms with van der Waals surface area (Å²) < 4.78 is 14.9. The molecule has 1 N–H and O–H groups in total. The van der Waals surface area contributed by atoms with Gasteiger partial charge >= 0.3 is 0 Å². The summed E-state index contributed by atoms with van der Waals surface area (Å²) >= 11 is 0. The van der Waals surface area contributed by atoms with Crippen LogP contribution in [0.2, 0.25) is 0 Å². The van der Waals surface area contributed by atoms with Crippen LogP contribution in [-0.2, 0) is 17.8 Å². The number of hydrogen-bond acceptors (Lipinski definition) is 2. The SMILES string of the molecule is Cc1nccn1-c1ccccc1CNC(=O)CCc1ccc(F)cc1. The molecule has 2 aromatic carbocycles. The number of halogens is 1. The molecule has 0 atom stereocenters. The molecule has 0 aliphatic carbocycles. The molecule has 1 heterocycles. The van der Waals surface area contributed by atoms with Gasteiger partial charge in [0.05, 0.1) is 5.69 Å². The fourth-order valence-electron chi connectivity index (χ4n) is 2.72. The van der Waals surface area contributed by atoms with Crippen LogP contribution in [0.25, 0.3) is 5.69 Å². The lowest BCUT2D eigenvalue weighted by atomic mass is 10.1. The maximum absolute atomic E-state index is 12.9. The third kappa shape index (κ3) is 4.32. The van der Waals surface area contributed by atoms with Gasteiger partial charge in [0.15, 0.2) is 0 Å². The average molecular weight is 337 g/mol. The molecule has 1 amide bonds. The smallest absolute Gasteiger partial charge is 0.220 e. The Balaban J connectivity index is 1.59. The van der Waals surface area contributed by atoms with Crippen LogP contribution < -0.4 is 5.32 Å². The van der Waals surface area contributed by atoms with Crippen LogP contribution in [0.4, 0.5) is 4.39 Å². The van der Waals surface area contributed by atoms with Crippen molar-refractivity contribution in [1.82, 2.24) is 14.9 Å². The predicted octanol–water partition coefficient (Wildman–Crippen LogP) is 3.57. The normalized spacial score (nSPS) is 10.6. The molecule has 0 unspecified atom stereocenters. The minimum Gasteiger partial charge on any atom is -0.352 e. The molecule has 0 fully saturated rings. The molecule has 1 aromatic heterocycles. The molecule has 5 heteroatoms. The molecule has 3 aromatic rings. The summed E-state index contributed by atoms with van der Waals surface area (Å²) in [5.41, 5.74) is 2.99. The first-order chi connectivity index (χ1) is 12.1. The highest BCUT2D eigenvalue weighted by Crippen LogP contribution is 2.16. The van der Waals surface area contributed by atoms with Gasteiger partial charge in [-0.2, -0.15) is 0 Å². The van der Waals surface area contributed by atoms with Crippen molar-refractivity contribution in [2.24, 2.45) is 0 Å². The molecule has 4 nitrogen and oxygen atoms in total. The van der Waals surface area contributed by atoms with E-state index in [9.17, 15) is 9.18 Å². The van der Waals surface area contributed by atoms with E-state index < -0.39 is 0 Å². The number of imidazole rings is 1. The van der Waals surface area contributed by atoms with Crippen LogP contribution in [0.5, 0.6) is 0 Å². The van der Waals surface area contributed by atoms with Gasteiger partial charge in [0, 0.05) is 25.4 Å². The third-order valence-electron chi connectivity index (χ3n) is 4.11. The van der Waals surface area contributed by atoms with Crippen LogP contribution in [-0.4, -0.2) is 15.5 Å². The Labute approximate surface area is 146 Å². The Kier molecular flexibility index (Phi) is 5.23. The topological polar surface area (TPSA) is 46.9 Å². The van der Waals surface area contributed by atoms with Crippen molar-refractivity contribution < 1.29 is 9.18 Å². The molecule has 0 saturated carbocycles. The number of aromatic nitrogens is 2.